The van der Waals surface area contributed by atoms with E-state index in [1.165, 1.54) is 9.96 Å². The van der Waals surface area contributed by atoms with Gasteiger partial charge in [-0.25, -0.2) is 0 Å². The molecule has 5 aromatic rings. The quantitative estimate of drug-likeness (QED) is 0.149. The van der Waals surface area contributed by atoms with Crippen LogP contribution in [-0.2, 0) is 7.05 Å². The molecule has 0 aliphatic rings. The second kappa shape index (κ2) is 7.90. The summed E-state index contributed by atoms with van der Waals surface area (Å²) in [6.07, 6.45) is 2.07. The van der Waals surface area contributed by atoms with Gasteiger partial charge in [0, 0.05) is 0 Å². The van der Waals surface area contributed by atoms with Gasteiger partial charge in [-0.15, -0.1) is 0 Å². The van der Waals surface area contributed by atoms with Gasteiger partial charge in [0.15, 0.2) is 0 Å². The van der Waals surface area contributed by atoms with Gasteiger partial charge in [0.25, 0.3) is 0 Å². The molecule has 3 aromatic carbocycles. The summed E-state index contributed by atoms with van der Waals surface area (Å²) < 4.78 is 10.3. The zero-order valence-electron chi connectivity index (χ0n) is 19.7. The molecule has 0 saturated carbocycles. The summed E-state index contributed by atoms with van der Waals surface area (Å²) in [4.78, 5) is 3.85. The van der Waals surface area contributed by atoms with Gasteiger partial charge in [-0.3, -0.25) is 0 Å². The zero-order valence-corrected chi connectivity index (χ0v) is 21.8. The van der Waals surface area contributed by atoms with E-state index in [2.05, 4.69) is 89.3 Å². The van der Waals surface area contributed by atoms with E-state index in [1.807, 2.05) is 24.3 Å². The standard InChI is InChI=1S/C29H27GeN2O/c1-19-14-15-20-21-16-17-23(30(2,3)4)27(22-11-7-8-12-24(22)31-5)29(21)33-28(20)26(19)25-13-9-10-18-32(25)6/h7-18H,1-4,6H3/q+1. The fourth-order valence-electron chi connectivity index (χ4n) is 4.78. The normalized spacial score (nSPS) is 11.8. The Kier molecular flexibility index (Phi) is 5.14. The van der Waals surface area contributed by atoms with Gasteiger partial charge in [0.2, 0.25) is 0 Å². The fraction of sp³-hybridized carbons (Fsp3) is 0.172. The van der Waals surface area contributed by atoms with Crippen molar-refractivity contribution in [1.29, 1.82) is 0 Å². The Balaban J connectivity index is 1.97. The summed E-state index contributed by atoms with van der Waals surface area (Å²) in [5.74, 6) is 7.19. The van der Waals surface area contributed by atoms with Crippen molar-refractivity contribution < 1.29 is 8.98 Å². The monoisotopic (exact) mass is 493 g/mol. The van der Waals surface area contributed by atoms with Gasteiger partial charge in [-0.2, -0.15) is 0 Å². The van der Waals surface area contributed by atoms with Gasteiger partial charge in [0.1, 0.15) is 0 Å². The first kappa shape index (κ1) is 21.5. The molecule has 0 aliphatic carbocycles. The van der Waals surface area contributed by atoms with Crippen molar-refractivity contribution in [1.82, 2.24) is 0 Å². The van der Waals surface area contributed by atoms with E-state index in [0.29, 0.717) is 5.69 Å². The summed E-state index contributed by atoms with van der Waals surface area (Å²) >= 11 is -2.29. The number of para-hydroxylation sites is 1. The molecule has 0 fully saturated rings. The van der Waals surface area contributed by atoms with Crippen LogP contribution in [0.2, 0.25) is 17.3 Å². The first-order chi connectivity index (χ1) is 15.8. The molecule has 0 saturated heterocycles. The van der Waals surface area contributed by atoms with Crippen LogP contribution in [0.5, 0.6) is 0 Å². The number of aromatic nitrogens is 1. The molecule has 4 heteroatoms. The number of furan rings is 1. The van der Waals surface area contributed by atoms with E-state index < -0.39 is 13.3 Å². The van der Waals surface area contributed by atoms with Crippen molar-refractivity contribution >= 4 is 45.3 Å². The van der Waals surface area contributed by atoms with Crippen LogP contribution < -0.4 is 8.96 Å². The number of rotatable bonds is 3. The summed E-state index contributed by atoms with van der Waals surface area (Å²) in [6.45, 7) is 9.92. The molecule has 162 valence electrons. The molecule has 0 amide bonds. The van der Waals surface area contributed by atoms with E-state index in [9.17, 15) is 0 Å². The topological polar surface area (TPSA) is 21.4 Å². The van der Waals surface area contributed by atoms with E-state index in [1.54, 1.807) is 0 Å². The molecule has 2 heterocycles. The number of fused-ring (bicyclic) bond motifs is 3. The first-order valence-electron chi connectivity index (χ1n) is 11.2. The molecule has 0 bridgehead atoms. The number of hydrogen-bond donors (Lipinski definition) is 0. The SMILES string of the molecule is [C-]#[N+]c1ccccc1-c1[c]([Ge]([CH3])([CH3])[CH3])ccc2c1oc1c(-c3cccc[n+]3C)c(C)ccc12. The van der Waals surface area contributed by atoms with Crippen LogP contribution in [0, 0.1) is 13.5 Å². The van der Waals surface area contributed by atoms with Crippen LogP contribution in [0.25, 0.3) is 49.2 Å². The van der Waals surface area contributed by atoms with Gasteiger partial charge in [-0.05, 0) is 0 Å². The van der Waals surface area contributed by atoms with Crippen LogP contribution in [0.1, 0.15) is 5.56 Å². The Labute approximate surface area is 197 Å². The summed E-state index contributed by atoms with van der Waals surface area (Å²) in [6, 6.07) is 23.0. The van der Waals surface area contributed by atoms with E-state index in [4.69, 9.17) is 11.0 Å². The summed E-state index contributed by atoms with van der Waals surface area (Å²) in [7, 11) is 2.07. The van der Waals surface area contributed by atoms with E-state index >= 15 is 0 Å². The van der Waals surface area contributed by atoms with Gasteiger partial charge in [-0.1, -0.05) is 0 Å². The molecule has 0 spiro atoms. The van der Waals surface area contributed by atoms with Crippen molar-refractivity contribution in [3.8, 4) is 22.4 Å². The first-order valence-corrected chi connectivity index (χ1v) is 18.6. The van der Waals surface area contributed by atoms with Crippen molar-refractivity contribution in [3.63, 3.8) is 0 Å². The van der Waals surface area contributed by atoms with Crippen LogP contribution in [0.15, 0.2) is 77.3 Å². The maximum absolute atomic E-state index is 7.78. The molecule has 0 atom stereocenters. The molecular weight excluding hydrogens is 465 g/mol. The molecule has 33 heavy (non-hydrogen) atoms. The predicted octanol–water partition coefficient (Wildman–Crippen LogP) is 7.15. The minimum absolute atomic E-state index is 0.671. The third-order valence-corrected chi connectivity index (χ3v) is 10.7. The fourth-order valence-corrected chi connectivity index (χ4v) is 8.10. The Morgan fingerprint density at radius 2 is 1.48 bits per heavy atom. The molecule has 0 radical (unpaired) electrons. The Morgan fingerprint density at radius 3 is 2.18 bits per heavy atom. The van der Waals surface area contributed by atoms with Crippen LogP contribution in [-0.4, -0.2) is 13.3 Å². The number of hydrogen-bond acceptors (Lipinski definition) is 1. The zero-order chi connectivity index (χ0) is 23.3. The molecule has 2 aromatic heterocycles. The second-order valence-electron chi connectivity index (χ2n) is 9.68. The summed E-state index contributed by atoms with van der Waals surface area (Å²) in [5, 5.41) is 2.22. The summed E-state index contributed by atoms with van der Waals surface area (Å²) in [5.41, 5.74) is 7.97. The van der Waals surface area contributed by atoms with Crippen LogP contribution >= 0.6 is 0 Å². The number of pyridine rings is 1. The second-order valence-corrected chi connectivity index (χ2v) is 20.2. The average molecular weight is 492 g/mol. The minimum atomic E-state index is -2.29. The number of nitrogens with zero attached hydrogens (tertiary/aromatic N) is 2. The Bertz CT molecular complexity index is 1580. The van der Waals surface area contributed by atoms with Crippen LogP contribution in [0.3, 0.4) is 0 Å². The molecule has 0 aliphatic heterocycles. The van der Waals surface area contributed by atoms with Crippen molar-refractivity contribution in [2.24, 2.45) is 7.05 Å². The maximum atomic E-state index is 7.78. The molecular formula is C29H27GeN2O+. The molecule has 0 N–H and O–H groups in total. The third kappa shape index (κ3) is 3.46. The van der Waals surface area contributed by atoms with Gasteiger partial charge >= 0.3 is 198 Å². The third-order valence-electron chi connectivity index (χ3n) is 6.43. The average Bonchev–Trinajstić information content (AvgIpc) is 3.17. The van der Waals surface area contributed by atoms with Crippen LogP contribution in [0.4, 0.5) is 5.69 Å². The molecule has 3 nitrogen and oxygen atoms in total. The van der Waals surface area contributed by atoms with Gasteiger partial charge in [0.05, 0.1) is 0 Å². The van der Waals surface area contributed by atoms with E-state index in [-0.39, 0.29) is 0 Å². The Morgan fingerprint density at radius 1 is 0.818 bits per heavy atom. The van der Waals surface area contributed by atoms with Gasteiger partial charge < -0.3 is 0 Å². The molecule has 5 rings (SSSR count). The van der Waals surface area contributed by atoms with E-state index in [0.717, 1.165) is 44.3 Å². The molecule has 0 unspecified atom stereocenters. The Hall–Kier alpha value is -3.36. The van der Waals surface area contributed by atoms with Crippen molar-refractivity contribution in [3.05, 3.63) is 89.9 Å². The van der Waals surface area contributed by atoms with Crippen molar-refractivity contribution in [2.75, 3.05) is 0 Å². The predicted molar refractivity (Wildman–Crippen MR) is 140 cm³/mol. The van der Waals surface area contributed by atoms with Crippen molar-refractivity contribution in [2.45, 2.75) is 24.2 Å². The number of benzene rings is 3. The number of aryl methyl sites for hydroxylation is 2.